The van der Waals surface area contributed by atoms with E-state index in [1.165, 1.54) is 0 Å². The van der Waals surface area contributed by atoms with E-state index in [1.807, 2.05) is 0 Å². The van der Waals surface area contributed by atoms with E-state index in [9.17, 15) is 4.79 Å². The maximum absolute atomic E-state index is 11.0. The molecule has 0 saturated heterocycles. The number of ether oxygens (including phenoxy) is 1. The quantitative estimate of drug-likeness (QED) is 0.856. The van der Waals surface area contributed by atoms with E-state index in [4.69, 9.17) is 9.84 Å². The number of carboxylic acid groups (broad SMARTS) is 1. The Morgan fingerprint density at radius 1 is 1.50 bits per heavy atom. The predicted octanol–water partition coefficient (Wildman–Crippen LogP) is 2.07. The van der Waals surface area contributed by atoms with Gasteiger partial charge in [0.1, 0.15) is 5.82 Å². The summed E-state index contributed by atoms with van der Waals surface area (Å²) in [5.74, 6) is -0.320. The Balaban J connectivity index is 2.16. The van der Waals surface area contributed by atoms with E-state index in [1.54, 1.807) is 26.2 Å². The summed E-state index contributed by atoms with van der Waals surface area (Å²) in [6.45, 7) is 1.79. The van der Waals surface area contributed by atoms with Gasteiger partial charge in [0, 0.05) is 12.8 Å². The van der Waals surface area contributed by atoms with Crippen molar-refractivity contribution in [1.82, 2.24) is 4.98 Å². The fourth-order valence-corrected chi connectivity index (χ4v) is 2.43. The van der Waals surface area contributed by atoms with Crippen molar-refractivity contribution in [3.63, 3.8) is 0 Å². The van der Waals surface area contributed by atoms with Crippen molar-refractivity contribution in [3.8, 4) is 0 Å². The molecule has 0 amide bonds. The molecule has 1 aliphatic rings. The van der Waals surface area contributed by atoms with Crippen molar-refractivity contribution in [2.45, 2.75) is 38.3 Å². The molecule has 1 fully saturated rings. The van der Waals surface area contributed by atoms with Crippen molar-refractivity contribution in [2.24, 2.45) is 0 Å². The third-order valence-corrected chi connectivity index (χ3v) is 3.29. The molecule has 1 aromatic heterocycles. The summed E-state index contributed by atoms with van der Waals surface area (Å²) in [5, 5.41) is 12.3. The number of rotatable bonds is 4. The highest BCUT2D eigenvalue weighted by atomic mass is 16.5. The minimum Gasteiger partial charge on any atom is -0.478 e. The predicted molar refractivity (Wildman–Crippen MR) is 68.0 cm³/mol. The zero-order valence-corrected chi connectivity index (χ0v) is 10.6. The van der Waals surface area contributed by atoms with Crippen LogP contribution < -0.4 is 5.32 Å². The van der Waals surface area contributed by atoms with Gasteiger partial charge in [0.15, 0.2) is 0 Å². The van der Waals surface area contributed by atoms with Crippen LogP contribution in [0.15, 0.2) is 12.1 Å². The SMILES string of the molecule is COC1CCCC1Nc1cc(C(=O)O)cc(C)n1. The molecule has 18 heavy (non-hydrogen) atoms. The fraction of sp³-hybridized carbons (Fsp3) is 0.538. The average Bonchev–Trinajstić information content (AvgIpc) is 2.75. The first-order valence-corrected chi connectivity index (χ1v) is 6.11. The number of nitrogens with one attached hydrogen (secondary N) is 1. The number of nitrogens with zero attached hydrogens (tertiary/aromatic N) is 1. The molecule has 98 valence electrons. The van der Waals surface area contributed by atoms with Crippen molar-refractivity contribution in [3.05, 3.63) is 23.4 Å². The van der Waals surface area contributed by atoms with Crippen LogP contribution in [-0.4, -0.2) is 35.3 Å². The molecule has 2 rings (SSSR count). The van der Waals surface area contributed by atoms with E-state index in [-0.39, 0.29) is 17.7 Å². The van der Waals surface area contributed by atoms with Crippen molar-refractivity contribution in [1.29, 1.82) is 0 Å². The lowest BCUT2D eigenvalue weighted by molar-refractivity contribution is 0.0696. The smallest absolute Gasteiger partial charge is 0.335 e. The topological polar surface area (TPSA) is 71.5 Å². The van der Waals surface area contributed by atoms with Crippen LogP contribution in [0, 0.1) is 6.92 Å². The monoisotopic (exact) mass is 250 g/mol. The summed E-state index contributed by atoms with van der Waals surface area (Å²) in [4.78, 5) is 15.3. The second-order valence-corrected chi connectivity index (χ2v) is 4.64. The highest BCUT2D eigenvalue weighted by molar-refractivity contribution is 5.88. The van der Waals surface area contributed by atoms with Gasteiger partial charge in [0.2, 0.25) is 0 Å². The number of anilines is 1. The van der Waals surface area contributed by atoms with Crippen LogP contribution in [0.3, 0.4) is 0 Å². The molecule has 0 bridgehead atoms. The van der Waals surface area contributed by atoms with E-state index in [2.05, 4.69) is 10.3 Å². The molecule has 5 nitrogen and oxygen atoms in total. The molecule has 2 atom stereocenters. The van der Waals surface area contributed by atoms with Crippen LogP contribution in [0.5, 0.6) is 0 Å². The van der Waals surface area contributed by atoms with Gasteiger partial charge in [-0.05, 0) is 38.3 Å². The fourth-order valence-electron chi connectivity index (χ4n) is 2.43. The van der Waals surface area contributed by atoms with Gasteiger partial charge in [-0.25, -0.2) is 9.78 Å². The number of aromatic carboxylic acids is 1. The van der Waals surface area contributed by atoms with Crippen LogP contribution in [0.1, 0.15) is 35.3 Å². The molecule has 0 aromatic carbocycles. The molecule has 0 aliphatic heterocycles. The van der Waals surface area contributed by atoms with Crippen LogP contribution in [0.2, 0.25) is 0 Å². The zero-order chi connectivity index (χ0) is 13.1. The van der Waals surface area contributed by atoms with Crippen LogP contribution in [0.4, 0.5) is 5.82 Å². The van der Waals surface area contributed by atoms with Gasteiger partial charge < -0.3 is 15.2 Å². The van der Waals surface area contributed by atoms with Gasteiger partial charge in [-0.15, -0.1) is 0 Å². The largest absolute Gasteiger partial charge is 0.478 e. The Bertz CT molecular complexity index is 448. The number of carboxylic acids is 1. The number of pyridine rings is 1. The van der Waals surface area contributed by atoms with Crippen molar-refractivity contribution >= 4 is 11.8 Å². The standard InChI is InChI=1S/C13H18N2O3/c1-8-6-9(13(16)17)7-12(14-8)15-10-4-3-5-11(10)18-2/h6-7,10-11H,3-5H2,1-2H3,(H,14,15)(H,16,17). The molecule has 1 heterocycles. The summed E-state index contributed by atoms with van der Waals surface area (Å²) in [7, 11) is 1.71. The first-order chi connectivity index (χ1) is 8.60. The van der Waals surface area contributed by atoms with E-state index < -0.39 is 5.97 Å². The third-order valence-electron chi connectivity index (χ3n) is 3.29. The summed E-state index contributed by atoms with van der Waals surface area (Å²) >= 11 is 0. The van der Waals surface area contributed by atoms with Crippen molar-refractivity contribution in [2.75, 3.05) is 12.4 Å². The number of aromatic nitrogens is 1. The summed E-state index contributed by atoms with van der Waals surface area (Å²) in [5.41, 5.74) is 0.960. The molecule has 0 radical (unpaired) electrons. The molecule has 5 heteroatoms. The average molecular weight is 250 g/mol. The van der Waals surface area contributed by atoms with E-state index in [0.29, 0.717) is 11.5 Å². The number of hydrogen-bond acceptors (Lipinski definition) is 4. The first kappa shape index (κ1) is 12.8. The van der Waals surface area contributed by atoms with Crippen LogP contribution in [-0.2, 0) is 4.74 Å². The maximum Gasteiger partial charge on any atom is 0.335 e. The molecule has 1 aliphatic carbocycles. The van der Waals surface area contributed by atoms with Crippen LogP contribution >= 0.6 is 0 Å². The van der Waals surface area contributed by atoms with Crippen molar-refractivity contribution < 1.29 is 14.6 Å². The highest BCUT2D eigenvalue weighted by Crippen LogP contribution is 2.25. The third kappa shape index (κ3) is 2.79. The minimum atomic E-state index is -0.932. The van der Waals surface area contributed by atoms with Gasteiger partial charge in [-0.2, -0.15) is 0 Å². The Kier molecular flexibility index (Phi) is 3.81. The van der Waals surface area contributed by atoms with Gasteiger partial charge in [0.25, 0.3) is 0 Å². The lowest BCUT2D eigenvalue weighted by Crippen LogP contribution is -2.30. The summed E-state index contributed by atoms with van der Waals surface area (Å²) < 4.78 is 5.40. The molecule has 2 unspecified atom stereocenters. The lowest BCUT2D eigenvalue weighted by Gasteiger charge is -2.20. The second-order valence-electron chi connectivity index (χ2n) is 4.64. The molecular weight excluding hydrogens is 232 g/mol. The molecule has 0 spiro atoms. The first-order valence-electron chi connectivity index (χ1n) is 6.11. The number of methoxy groups -OCH3 is 1. The summed E-state index contributed by atoms with van der Waals surface area (Å²) in [6, 6.07) is 3.35. The normalized spacial score (nSPS) is 23.0. The molecule has 1 saturated carbocycles. The Hall–Kier alpha value is -1.62. The maximum atomic E-state index is 11.0. The van der Waals surface area contributed by atoms with Gasteiger partial charge in [-0.3, -0.25) is 0 Å². The van der Waals surface area contributed by atoms with E-state index in [0.717, 1.165) is 19.3 Å². The Labute approximate surface area is 106 Å². The van der Waals surface area contributed by atoms with Gasteiger partial charge in [0.05, 0.1) is 17.7 Å². The second kappa shape index (κ2) is 5.35. The van der Waals surface area contributed by atoms with Crippen LogP contribution in [0.25, 0.3) is 0 Å². The molecular formula is C13H18N2O3. The van der Waals surface area contributed by atoms with Gasteiger partial charge >= 0.3 is 5.97 Å². The molecule has 2 N–H and O–H groups in total. The van der Waals surface area contributed by atoms with E-state index >= 15 is 0 Å². The minimum absolute atomic E-state index is 0.181. The summed E-state index contributed by atoms with van der Waals surface area (Å²) in [6.07, 6.45) is 3.36. The Morgan fingerprint density at radius 3 is 2.94 bits per heavy atom. The number of aryl methyl sites for hydroxylation is 1. The number of hydrogen-bond donors (Lipinski definition) is 2. The zero-order valence-electron chi connectivity index (χ0n) is 10.6. The lowest BCUT2D eigenvalue weighted by atomic mass is 10.2. The highest BCUT2D eigenvalue weighted by Gasteiger charge is 2.27. The Morgan fingerprint density at radius 2 is 2.28 bits per heavy atom. The number of carbonyl (C=O) groups is 1. The molecule has 1 aromatic rings. The van der Waals surface area contributed by atoms with Gasteiger partial charge in [-0.1, -0.05) is 0 Å².